The number of halogens is 1. The zero-order chi connectivity index (χ0) is 103. The van der Waals surface area contributed by atoms with Crippen molar-refractivity contribution in [3.05, 3.63) is 178 Å². The van der Waals surface area contributed by atoms with Gasteiger partial charge < -0.3 is 84.5 Å². The van der Waals surface area contributed by atoms with Crippen LogP contribution in [0.5, 0.6) is 0 Å². The molecule has 0 spiro atoms. The number of carbonyl (C=O) groups is 15. The number of carbonyl (C=O) groups excluding carboxylic acids is 13. The number of Topliss-reactive ketones (excluding diaryl/α,β-unsaturated/α-hetero) is 2. The van der Waals surface area contributed by atoms with Gasteiger partial charge in [-0.25, -0.2) is 44.5 Å². The number of nitriles is 1. The number of hydrogen-bond acceptors (Lipinski definition) is 33. The SMILES string of the molecule is Cc1nc(C(C)N)cs1.OCC1c2ccccc2-c2ccccc21.[2H]C(=O)NC(C)C(=O)C=[N+]=[N-].[2H]C(=O)NC(C)C(=O)CBr.[2H]C(=O)NC(C)C(=O)O.[2H]C(=O)NC(C)c1csc(C#N)n1.[2H]C(=O)NC(C)c1csc(C(=O)NC)n1.[2H]C(=O)NC(C)c1csc(C(=O)O)n1.[2H]C(=O)NC(C)c1csc(C(=O)OC)n1.[2H]C(=O)NC(C)c1csc(C)n1.[2H]C(=O)NC(C)c1csc(C)n1. The van der Waals surface area contributed by atoms with Crippen molar-refractivity contribution in [2.45, 2.75) is 156 Å². The number of rotatable bonds is 25. The second-order valence-corrected chi connectivity index (χ2v) is 31.8. The summed E-state index contributed by atoms with van der Waals surface area (Å²) in [5.74, 6) is -3.53. The molecule has 0 saturated heterocycles. The highest BCUT2D eigenvalue weighted by molar-refractivity contribution is 9.09. The van der Waals surface area contributed by atoms with Crippen LogP contribution < -0.4 is 58.9 Å². The van der Waals surface area contributed by atoms with Crippen molar-refractivity contribution in [1.29, 1.82) is 5.26 Å². The van der Waals surface area contributed by atoms with Crippen LogP contribution in [0.1, 0.15) is 230 Å². The lowest BCUT2D eigenvalue weighted by atomic mass is 9.98. The lowest BCUT2D eigenvalue weighted by Crippen LogP contribution is -2.33. The van der Waals surface area contributed by atoms with E-state index in [9.17, 15) is 77.0 Å². The van der Waals surface area contributed by atoms with Gasteiger partial charge in [0.05, 0.1) is 122 Å². The van der Waals surface area contributed by atoms with E-state index >= 15 is 0 Å². The van der Waals surface area contributed by atoms with Crippen molar-refractivity contribution in [3.8, 4) is 17.2 Å². The number of aliphatic hydroxyl groups excluding tert-OH is 1. The number of fused-ring (bicyclic) bond motifs is 3. The molecule has 10 amide bonds. The van der Waals surface area contributed by atoms with Gasteiger partial charge in [-0.1, -0.05) is 64.5 Å². The molecule has 1 aliphatic carbocycles. The number of aliphatic carboxylic acids is 1. The number of aliphatic hydroxyl groups is 1. The third-order valence-corrected chi connectivity index (χ3v) is 21.6. The normalized spacial score (nSPS) is 13.3. The number of amides is 10. The zero-order valence-corrected chi connectivity index (χ0v) is 77.5. The molecule has 10 unspecified atom stereocenters. The maximum absolute atomic E-state index is 11.2. The first-order chi connectivity index (χ1) is 63.2. The summed E-state index contributed by atoms with van der Waals surface area (Å²) in [6, 6.07) is 14.4. The highest BCUT2D eigenvalue weighted by Gasteiger charge is 2.27. The number of hydrogen-bond donors (Lipinski definition) is 14. The number of nitrogens with one attached hydrogen (secondary N) is 10. The van der Waals surface area contributed by atoms with Crippen LogP contribution in [0.2, 0.25) is 0 Å². The van der Waals surface area contributed by atoms with Crippen molar-refractivity contribution in [3.63, 3.8) is 0 Å². The van der Waals surface area contributed by atoms with Gasteiger partial charge >= 0.3 is 24.1 Å². The Morgan fingerprint density at radius 2 is 0.833 bits per heavy atom. The maximum atomic E-state index is 11.2. The Bertz CT molecular complexity index is 5330. The molecular weight excluding hydrogens is 1840 g/mol. The number of alkyl halides is 1. The summed E-state index contributed by atoms with van der Waals surface area (Å²) in [6.45, 7) is 22.5. The summed E-state index contributed by atoms with van der Waals surface area (Å²) in [5.41, 5.74) is 23.3. The molecule has 9 aromatic rings. The lowest BCUT2D eigenvalue weighted by molar-refractivity contribution is -0.140. The van der Waals surface area contributed by atoms with E-state index < -0.39 is 105 Å². The predicted molar refractivity (Wildman–Crippen MR) is 482 cm³/mol. The minimum atomic E-state index is -1.14. The van der Waals surface area contributed by atoms with E-state index in [0.717, 1.165) is 54.8 Å². The van der Waals surface area contributed by atoms with E-state index in [-0.39, 0.29) is 75.8 Å². The fourth-order valence-corrected chi connectivity index (χ4v) is 14.2. The molecule has 10 atom stereocenters. The first-order valence-corrected chi connectivity index (χ1v) is 43.5. The minimum Gasteiger partial charge on any atom is -0.480 e. The summed E-state index contributed by atoms with van der Waals surface area (Å²) in [6.07, 6.45) is -7.43. The van der Waals surface area contributed by atoms with Gasteiger partial charge in [-0.2, -0.15) is 10.1 Å². The number of benzene rings is 2. The van der Waals surface area contributed by atoms with Gasteiger partial charge in [0, 0.05) is 56.7 Å². The van der Waals surface area contributed by atoms with Crippen molar-refractivity contribution in [2.75, 3.05) is 26.1 Å². The molecule has 48 heteroatoms. The molecule has 126 heavy (non-hydrogen) atoms. The van der Waals surface area contributed by atoms with E-state index in [0.29, 0.717) is 39.0 Å². The number of esters is 1. The summed E-state index contributed by atoms with van der Waals surface area (Å²) in [7, 11) is 2.80. The van der Waals surface area contributed by atoms with Gasteiger partial charge in [0.25, 0.3) is 11.7 Å². The molecule has 40 nitrogen and oxygen atoms in total. The maximum Gasteiger partial charge on any atom is 0.367 e. The van der Waals surface area contributed by atoms with E-state index in [1.807, 2.05) is 72.7 Å². The number of carboxylic acids is 2. The Morgan fingerprint density at radius 1 is 0.508 bits per heavy atom. The van der Waals surface area contributed by atoms with E-state index in [1.54, 1.807) is 74.4 Å². The molecule has 15 N–H and O–H groups in total. The summed E-state index contributed by atoms with van der Waals surface area (Å²) in [5, 5.41) is 73.9. The molecule has 10 rings (SSSR count). The van der Waals surface area contributed by atoms with Crippen LogP contribution in [0, 0.1) is 32.1 Å². The third-order valence-electron chi connectivity index (χ3n) is 15.4. The van der Waals surface area contributed by atoms with Gasteiger partial charge in [-0.3, -0.25) is 62.3 Å². The molecule has 0 aliphatic heterocycles. The van der Waals surface area contributed by atoms with E-state index in [1.165, 1.54) is 103 Å². The molecule has 1 aliphatic rings. The molecule has 0 radical (unpaired) electrons. The molecule has 0 bridgehead atoms. The fraction of sp³-hybridized carbons (Fsp3) is 0.359. The number of aromatic nitrogens is 7. The van der Waals surface area contributed by atoms with Crippen LogP contribution >= 0.6 is 95.3 Å². The van der Waals surface area contributed by atoms with Crippen LogP contribution in [0.15, 0.2) is 86.2 Å². The third kappa shape index (κ3) is 43.8. The first-order valence-electron chi connectivity index (χ1n) is 40.7. The van der Waals surface area contributed by atoms with Crippen LogP contribution in [0.3, 0.4) is 0 Å². The predicted octanol–water partition coefficient (Wildman–Crippen LogP) is 7.58. The van der Waals surface area contributed by atoms with Gasteiger partial charge in [0.1, 0.15) is 24.4 Å². The second kappa shape index (κ2) is 65.2. The van der Waals surface area contributed by atoms with Crippen LogP contribution in [-0.2, 0) is 62.3 Å². The Hall–Kier alpha value is -12.4. The number of methoxy groups -OCH3 is 1. The number of aromatic carboxylic acids is 1. The smallest absolute Gasteiger partial charge is 0.367 e. The molecular formula is C78H100BrN21O19S7. The number of ether oxygens (including phenoxy) is 1. The number of nitrogens with two attached hydrogens (primary N) is 1. The highest BCUT2D eigenvalue weighted by atomic mass is 79.9. The first kappa shape index (κ1) is 97.4. The Morgan fingerprint density at radius 3 is 1.13 bits per heavy atom. The quantitative estimate of drug-likeness (QED) is 0.00654. The number of carboxylic acid groups (broad SMARTS) is 2. The molecule has 2 aromatic carbocycles. The van der Waals surface area contributed by atoms with Gasteiger partial charge in [-0.05, 0) is 112 Å². The lowest BCUT2D eigenvalue weighted by Gasteiger charge is -2.08. The average molecular weight is 1950 g/mol. The van der Waals surface area contributed by atoms with Gasteiger partial charge in [0.15, 0.2) is 15.8 Å². The Balaban J connectivity index is 0.00000147. The van der Waals surface area contributed by atoms with Crippen molar-refractivity contribution in [1.82, 2.24) is 88.1 Å². The second-order valence-electron chi connectivity index (χ2n) is 24.7. The number of thiazole rings is 7. The highest BCUT2D eigenvalue weighted by Crippen LogP contribution is 2.44. The number of ketones is 2. The molecule has 0 fully saturated rings. The molecule has 7 aromatic heterocycles. The Labute approximate surface area is 775 Å². The largest absolute Gasteiger partial charge is 0.480 e. The standard InChI is InChI=1S/C14H12O.C8H11N3O2S.C8H10N2O3S.C7H7N3OS.C7H8N2O3S.2C7H10N2OS.C6H10N2S.C5H8BrNO2.C5H7N3O2.C4H7NO3/c15-9-14-12-7-3-1-5-10(12)11-6-2-4-8-13(11)14;1-5(10-4-12)6-3-14-8(11-6)7(13)9-2;1-5(9-4-11)6-3-14-7(10-6)8(12)13-2;1-5(9-4-11)6-3-12-7(2-8)10-6;1-4(8-3-10)5-2-13-6(9-5)7(11)12;2*1-5(8-4-10)7-3-11-6(2)9-7;1-4(7)6-3-9-5(2)8-6;1-4(7-3-8)5(9)2-6;1-4(7-3-9)5(10)2-8-6;1-3(4(7)8)5-2-6/h1-8,14-15H,9H2;3-5H,1-2H3,(H,9,13)(H,10,12);3-5H,1-2H3,(H,9,11);3-5H,1H3,(H,9,11);2-4H,1H3,(H,8,10)(H,11,12);2*3-5H,1-2H3,(H,8,10);3-4H,7H2,1-2H3;3-4H,2H2,1H3,(H,7,8);2-4H,1H3,(H,7,9);2-3H,1H3,(H,5,6)(H,7,8)/i;3*4D;3D;2*4D;;2*3D;2D. The summed E-state index contributed by atoms with van der Waals surface area (Å²) < 4.78 is 63.8. The fourth-order valence-electron chi connectivity index (χ4n) is 8.42. The van der Waals surface area contributed by atoms with E-state index in [4.69, 9.17) is 39.1 Å². The van der Waals surface area contributed by atoms with Crippen molar-refractivity contribution < 1.29 is 109 Å². The number of nitrogens with zero attached hydrogens (tertiary/aromatic N) is 10. The van der Waals surface area contributed by atoms with Crippen LogP contribution in [0.4, 0.5) is 0 Å². The topological polar surface area (TPSA) is 623 Å². The summed E-state index contributed by atoms with van der Waals surface area (Å²) >= 11 is 12.2. The average Bonchev–Trinajstić information content (AvgIpc) is 1.62. The molecule has 680 valence electrons. The van der Waals surface area contributed by atoms with Crippen molar-refractivity contribution in [2.24, 2.45) is 5.73 Å². The van der Waals surface area contributed by atoms with Gasteiger partial charge in [0.2, 0.25) is 67.5 Å². The van der Waals surface area contributed by atoms with Gasteiger partial charge in [-0.15, -0.1) is 79.4 Å². The minimum absolute atomic E-state index is 0.0221. The summed E-state index contributed by atoms with van der Waals surface area (Å²) in [4.78, 5) is 187. The Kier molecular flexibility index (Phi) is 50.4. The van der Waals surface area contributed by atoms with Crippen molar-refractivity contribution >= 4 is 194 Å². The monoisotopic (exact) mass is 1950 g/mol. The van der Waals surface area contributed by atoms with Crippen LogP contribution in [0.25, 0.3) is 16.7 Å². The zero-order valence-electron chi connectivity index (χ0n) is 79.2. The molecule has 7 heterocycles. The number of aryl methyl sites for hydroxylation is 3. The molecule has 0 saturated carbocycles. The van der Waals surface area contributed by atoms with E-state index in [2.05, 4.69) is 139 Å². The van der Waals surface area contributed by atoms with Crippen LogP contribution in [-0.4, -0.2) is 198 Å².